The molecule has 0 aromatic heterocycles. The quantitative estimate of drug-likeness (QED) is 0.502. The van der Waals surface area contributed by atoms with Crippen LogP contribution >= 0.6 is 0 Å². The molecule has 1 saturated heterocycles. The van der Waals surface area contributed by atoms with Gasteiger partial charge in [0, 0.05) is 24.7 Å². The zero-order valence-electron chi connectivity index (χ0n) is 18.8. The molecule has 5 aliphatic carbocycles. The van der Waals surface area contributed by atoms with Crippen LogP contribution in [-0.2, 0) is 14.5 Å². The predicted octanol–water partition coefficient (Wildman–Crippen LogP) is 5.16. The molecule has 0 radical (unpaired) electrons. The average molecular weight is 428 g/mol. The van der Waals surface area contributed by atoms with Crippen molar-refractivity contribution in [3.8, 4) is 5.75 Å². The van der Waals surface area contributed by atoms with Crippen molar-refractivity contribution in [2.24, 2.45) is 23.7 Å². The van der Waals surface area contributed by atoms with Gasteiger partial charge in [0.2, 0.25) is 11.6 Å². The van der Waals surface area contributed by atoms with E-state index in [1.807, 2.05) is 7.05 Å². The minimum absolute atomic E-state index is 0.438. The van der Waals surface area contributed by atoms with Gasteiger partial charge in [-0.15, -0.1) is 0 Å². The Hall–Kier alpha value is -1.14. The molecule has 0 atom stereocenters. The highest BCUT2D eigenvalue weighted by atomic mass is 17.3. The lowest BCUT2D eigenvalue weighted by atomic mass is 9.53. The zero-order valence-corrected chi connectivity index (χ0v) is 18.8. The van der Waals surface area contributed by atoms with Gasteiger partial charge in [-0.2, -0.15) is 9.78 Å². The van der Waals surface area contributed by atoms with Crippen LogP contribution in [0, 0.1) is 23.7 Å². The molecular formula is C26H37NO4. The lowest BCUT2D eigenvalue weighted by molar-refractivity contribution is -0.390. The van der Waals surface area contributed by atoms with Crippen LogP contribution < -0.4 is 10.1 Å². The summed E-state index contributed by atoms with van der Waals surface area (Å²) in [6, 6.07) is 8.72. The van der Waals surface area contributed by atoms with Crippen LogP contribution in [-0.4, -0.2) is 31.8 Å². The van der Waals surface area contributed by atoms with Crippen LogP contribution in [0.1, 0.15) is 75.7 Å². The first kappa shape index (κ1) is 20.5. The summed E-state index contributed by atoms with van der Waals surface area (Å²) in [5, 5.41) is 3.15. The molecule has 31 heavy (non-hydrogen) atoms. The number of benzene rings is 1. The summed E-state index contributed by atoms with van der Waals surface area (Å²) in [7, 11) is 1.97. The van der Waals surface area contributed by atoms with Crippen LogP contribution in [0.15, 0.2) is 24.3 Å². The molecule has 6 aliphatic rings. The van der Waals surface area contributed by atoms with Gasteiger partial charge in [-0.05, 0) is 100 Å². The minimum Gasteiger partial charge on any atom is -0.494 e. The third kappa shape index (κ3) is 3.62. The van der Waals surface area contributed by atoms with E-state index in [0.717, 1.165) is 62.8 Å². The normalized spacial score (nSPS) is 43.2. The first-order valence-corrected chi connectivity index (χ1v) is 12.6. The van der Waals surface area contributed by atoms with Crippen molar-refractivity contribution in [3.63, 3.8) is 0 Å². The van der Waals surface area contributed by atoms with E-state index in [-0.39, 0.29) is 0 Å². The van der Waals surface area contributed by atoms with Crippen LogP contribution in [0.2, 0.25) is 0 Å². The average Bonchev–Trinajstić information content (AvgIpc) is 3.16. The van der Waals surface area contributed by atoms with Gasteiger partial charge in [0.15, 0.2) is 0 Å². The molecule has 5 nitrogen and oxygen atoms in total. The molecule has 1 N–H and O–H groups in total. The summed E-state index contributed by atoms with van der Waals surface area (Å²) in [4.78, 5) is 12.3. The number of rotatable bonds is 6. The van der Waals surface area contributed by atoms with Crippen molar-refractivity contribution < 1.29 is 19.2 Å². The monoisotopic (exact) mass is 427 g/mol. The first-order chi connectivity index (χ1) is 15.2. The molecule has 2 spiro atoms. The van der Waals surface area contributed by atoms with Gasteiger partial charge in [0.05, 0.1) is 6.61 Å². The van der Waals surface area contributed by atoms with Crippen LogP contribution in [0.25, 0.3) is 0 Å². The van der Waals surface area contributed by atoms with Gasteiger partial charge in [-0.3, -0.25) is 0 Å². The van der Waals surface area contributed by atoms with Crippen molar-refractivity contribution in [2.75, 3.05) is 20.2 Å². The third-order valence-corrected chi connectivity index (χ3v) is 8.88. The Kier molecular flexibility index (Phi) is 5.29. The molecule has 1 heterocycles. The molecule has 4 bridgehead atoms. The molecule has 1 aromatic rings. The van der Waals surface area contributed by atoms with E-state index in [9.17, 15) is 0 Å². The first-order valence-electron chi connectivity index (χ1n) is 12.6. The second-order valence-corrected chi connectivity index (χ2v) is 10.9. The SMILES string of the molecule is CNCCCOc1ccc(C2CCC3(CC2)OOC2(O3)C3CC4CC(C3)CC2C4)cc1. The topological polar surface area (TPSA) is 49.0 Å². The summed E-state index contributed by atoms with van der Waals surface area (Å²) in [5.74, 6) is 3.47. The van der Waals surface area contributed by atoms with Gasteiger partial charge >= 0.3 is 0 Å². The Labute approximate surface area is 186 Å². The Bertz CT molecular complexity index is 742. The fraction of sp³-hybridized carbons (Fsp3) is 0.769. The van der Waals surface area contributed by atoms with E-state index >= 15 is 0 Å². The van der Waals surface area contributed by atoms with E-state index < -0.39 is 11.6 Å². The zero-order chi connectivity index (χ0) is 20.9. The van der Waals surface area contributed by atoms with Gasteiger partial charge in [0.25, 0.3) is 0 Å². The predicted molar refractivity (Wildman–Crippen MR) is 117 cm³/mol. The maximum absolute atomic E-state index is 6.85. The summed E-state index contributed by atoms with van der Waals surface area (Å²) in [6.07, 6.45) is 11.6. The van der Waals surface area contributed by atoms with Crippen molar-refractivity contribution >= 4 is 0 Å². The van der Waals surface area contributed by atoms with E-state index in [1.54, 1.807) is 0 Å². The lowest BCUT2D eigenvalue weighted by Gasteiger charge is -2.57. The van der Waals surface area contributed by atoms with E-state index in [2.05, 4.69) is 29.6 Å². The second kappa shape index (κ2) is 8.02. The van der Waals surface area contributed by atoms with Gasteiger partial charge in [-0.1, -0.05) is 12.1 Å². The smallest absolute Gasteiger partial charge is 0.210 e. The summed E-state index contributed by atoms with van der Waals surface area (Å²) in [6.45, 7) is 1.74. The fourth-order valence-corrected chi connectivity index (χ4v) is 7.46. The molecule has 7 rings (SSSR count). The van der Waals surface area contributed by atoms with Gasteiger partial charge < -0.3 is 14.8 Å². The summed E-state index contributed by atoms with van der Waals surface area (Å²) in [5.41, 5.74) is 1.40. The van der Waals surface area contributed by atoms with Crippen molar-refractivity contribution in [3.05, 3.63) is 29.8 Å². The molecule has 5 heteroatoms. The minimum atomic E-state index is -0.512. The van der Waals surface area contributed by atoms with Gasteiger partial charge in [-0.25, -0.2) is 0 Å². The molecular weight excluding hydrogens is 390 g/mol. The Morgan fingerprint density at radius 2 is 1.61 bits per heavy atom. The third-order valence-electron chi connectivity index (χ3n) is 8.88. The van der Waals surface area contributed by atoms with E-state index in [4.69, 9.17) is 19.2 Å². The molecule has 6 fully saturated rings. The Morgan fingerprint density at radius 3 is 2.26 bits per heavy atom. The highest BCUT2D eigenvalue weighted by molar-refractivity contribution is 5.30. The van der Waals surface area contributed by atoms with Crippen LogP contribution in [0.5, 0.6) is 5.75 Å². The molecule has 5 saturated carbocycles. The van der Waals surface area contributed by atoms with Crippen molar-refractivity contribution in [1.29, 1.82) is 0 Å². The molecule has 0 amide bonds. The van der Waals surface area contributed by atoms with Crippen LogP contribution in [0.3, 0.4) is 0 Å². The Morgan fingerprint density at radius 1 is 0.935 bits per heavy atom. The molecule has 0 unspecified atom stereocenters. The van der Waals surface area contributed by atoms with E-state index in [0.29, 0.717) is 17.8 Å². The summed E-state index contributed by atoms with van der Waals surface area (Å²) >= 11 is 0. The largest absolute Gasteiger partial charge is 0.494 e. The van der Waals surface area contributed by atoms with Crippen molar-refractivity contribution in [1.82, 2.24) is 5.32 Å². The molecule has 170 valence electrons. The van der Waals surface area contributed by atoms with Crippen LogP contribution in [0.4, 0.5) is 0 Å². The fourth-order valence-electron chi connectivity index (χ4n) is 7.46. The lowest BCUT2D eigenvalue weighted by Crippen LogP contribution is -2.59. The highest BCUT2D eigenvalue weighted by Gasteiger charge is 2.66. The number of ether oxygens (including phenoxy) is 2. The number of hydrogen-bond acceptors (Lipinski definition) is 5. The maximum atomic E-state index is 6.85. The molecule has 1 aromatic carbocycles. The number of hydrogen-bond donors (Lipinski definition) is 1. The van der Waals surface area contributed by atoms with Crippen molar-refractivity contribution in [2.45, 2.75) is 81.7 Å². The molecule has 1 aliphatic heterocycles. The number of nitrogens with one attached hydrogen (secondary N) is 1. The Balaban J connectivity index is 1.06. The second-order valence-electron chi connectivity index (χ2n) is 10.9. The van der Waals surface area contributed by atoms with E-state index in [1.165, 1.54) is 37.7 Å². The van der Waals surface area contributed by atoms with Gasteiger partial charge in [0.1, 0.15) is 5.75 Å². The maximum Gasteiger partial charge on any atom is 0.210 e. The summed E-state index contributed by atoms with van der Waals surface area (Å²) < 4.78 is 12.7. The standard InChI is InChI=1S/C26H37NO4/c1-27-11-2-12-28-24-5-3-20(4-6-24)21-7-9-25(10-8-21)29-26(31-30-25)22-14-18-13-19(16-22)17-23(26)15-18/h3-6,18-19,21-23,27H,2,7-17H2,1H3. The highest BCUT2D eigenvalue weighted by Crippen LogP contribution is 2.64.